The first-order valence-electron chi connectivity index (χ1n) is 5.76. The minimum absolute atomic E-state index is 0.00764. The van der Waals surface area contributed by atoms with Crippen LogP contribution in [0.4, 0.5) is 0 Å². The van der Waals surface area contributed by atoms with Crippen LogP contribution in [0.1, 0.15) is 5.56 Å². The van der Waals surface area contributed by atoms with Gasteiger partial charge in [-0.15, -0.1) is 0 Å². The Bertz CT molecular complexity index is 408. The number of nitrogens with zero attached hydrogens (tertiary/aromatic N) is 1. The van der Waals surface area contributed by atoms with Crippen molar-refractivity contribution in [2.45, 2.75) is 6.42 Å². The van der Waals surface area contributed by atoms with Crippen LogP contribution in [0, 0.1) is 0 Å². The van der Waals surface area contributed by atoms with Gasteiger partial charge in [-0.25, -0.2) is 0 Å². The second kappa shape index (κ2) is 7.38. The molecule has 1 aromatic rings. The lowest BCUT2D eigenvalue weighted by molar-refractivity contribution is -0.120. The normalized spacial score (nSPS) is 10.5. The zero-order valence-corrected chi connectivity index (χ0v) is 12.6. The van der Waals surface area contributed by atoms with Gasteiger partial charge in [0.1, 0.15) is 5.75 Å². The lowest BCUT2D eigenvalue weighted by Crippen LogP contribution is -2.32. The average molecular weight is 315 g/mol. The van der Waals surface area contributed by atoms with Crippen molar-refractivity contribution in [1.29, 1.82) is 0 Å². The van der Waals surface area contributed by atoms with Crippen LogP contribution in [0.5, 0.6) is 5.75 Å². The van der Waals surface area contributed by atoms with Gasteiger partial charge in [-0.1, -0.05) is 15.9 Å². The van der Waals surface area contributed by atoms with E-state index >= 15 is 0 Å². The first-order valence-corrected chi connectivity index (χ1v) is 6.56. The summed E-state index contributed by atoms with van der Waals surface area (Å²) in [4.78, 5) is 13.8. The molecule has 0 aliphatic heterocycles. The van der Waals surface area contributed by atoms with E-state index in [-0.39, 0.29) is 5.91 Å². The summed E-state index contributed by atoms with van der Waals surface area (Å²) in [6, 6.07) is 5.66. The van der Waals surface area contributed by atoms with Gasteiger partial charge < -0.3 is 15.0 Å². The summed E-state index contributed by atoms with van der Waals surface area (Å²) >= 11 is 3.39. The molecule has 1 amide bonds. The molecule has 0 aliphatic rings. The highest BCUT2D eigenvalue weighted by atomic mass is 79.9. The maximum absolute atomic E-state index is 11.8. The molecule has 1 N–H and O–H groups in total. The summed E-state index contributed by atoms with van der Waals surface area (Å²) < 4.78 is 6.18. The summed E-state index contributed by atoms with van der Waals surface area (Å²) in [6.45, 7) is 1.49. The molecule has 0 unspecified atom stereocenters. The molecule has 4 nitrogen and oxygen atoms in total. The van der Waals surface area contributed by atoms with Gasteiger partial charge >= 0.3 is 0 Å². The number of carbonyl (C=O) groups excluding carboxylic acids is 1. The molecule has 18 heavy (non-hydrogen) atoms. The van der Waals surface area contributed by atoms with E-state index in [0.717, 1.165) is 22.3 Å². The predicted molar refractivity (Wildman–Crippen MR) is 76.0 cm³/mol. The van der Waals surface area contributed by atoms with Crippen molar-refractivity contribution in [2.75, 3.05) is 34.3 Å². The third-order valence-corrected chi connectivity index (χ3v) is 2.97. The number of benzene rings is 1. The van der Waals surface area contributed by atoms with Crippen molar-refractivity contribution >= 4 is 21.8 Å². The molecule has 0 saturated carbocycles. The Hall–Kier alpha value is -1.07. The highest BCUT2D eigenvalue weighted by molar-refractivity contribution is 9.10. The van der Waals surface area contributed by atoms with E-state index in [1.807, 2.05) is 37.2 Å². The number of amides is 1. The minimum Gasteiger partial charge on any atom is -0.496 e. The van der Waals surface area contributed by atoms with Gasteiger partial charge in [-0.2, -0.15) is 0 Å². The van der Waals surface area contributed by atoms with Gasteiger partial charge in [0.05, 0.1) is 13.5 Å². The van der Waals surface area contributed by atoms with E-state index in [4.69, 9.17) is 4.74 Å². The van der Waals surface area contributed by atoms with Gasteiger partial charge in [-0.05, 0) is 32.3 Å². The fraction of sp³-hybridized carbons (Fsp3) is 0.462. The molecule has 0 aliphatic carbocycles. The zero-order valence-electron chi connectivity index (χ0n) is 11.0. The molecule has 1 aromatic carbocycles. The number of ether oxygens (including phenoxy) is 1. The summed E-state index contributed by atoms with van der Waals surface area (Å²) in [5.41, 5.74) is 0.884. The van der Waals surface area contributed by atoms with Crippen LogP contribution in [0.3, 0.4) is 0 Å². The molecule has 0 fully saturated rings. The second-order valence-corrected chi connectivity index (χ2v) is 5.20. The third-order valence-electron chi connectivity index (χ3n) is 2.47. The monoisotopic (exact) mass is 314 g/mol. The molecule has 0 radical (unpaired) electrons. The molecular formula is C13H19BrN2O2. The summed E-state index contributed by atoms with van der Waals surface area (Å²) in [6.07, 6.45) is 0.329. The largest absolute Gasteiger partial charge is 0.496 e. The van der Waals surface area contributed by atoms with Crippen molar-refractivity contribution in [3.8, 4) is 5.75 Å². The van der Waals surface area contributed by atoms with Crippen LogP contribution in [0.25, 0.3) is 0 Å². The van der Waals surface area contributed by atoms with Crippen LogP contribution in [-0.2, 0) is 11.2 Å². The maximum atomic E-state index is 11.8. The van der Waals surface area contributed by atoms with Gasteiger partial charge in [0.15, 0.2) is 0 Å². The molecule has 0 atom stereocenters. The van der Waals surface area contributed by atoms with E-state index in [0.29, 0.717) is 13.0 Å². The van der Waals surface area contributed by atoms with E-state index in [1.54, 1.807) is 7.11 Å². The number of nitrogens with one attached hydrogen (secondary N) is 1. The molecular weight excluding hydrogens is 296 g/mol. The van der Waals surface area contributed by atoms with E-state index in [2.05, 4.69) is 21.2 Å². The van der Waals surface area contributed by atoms with Gasteiger partial charge in [0, 0.05) is 23.1 Å². The van der Waals surface area contributed by atoms with Crippen molar-refractivity contribution in [1.82, 2.24) is 10.2 Å². The molecule has 0 heterocycles. The van der Waals surface area contributed by atoms with Crippen LogP contribution in [0.2, 0.25) is 0 Å². The molecule has 100 valence electrons. The minimum atomic E-state index is 0.00764. The van der Waals surface area contributed by atoms with E-state index < -0.39 is 0 Å². The SMILES string of the molecule is COc1ccc(Br)cc1CC(=O)NCCN(C)C. The predicted octanol–water partition coefficient (Wildman–Crippen LogP) is 1.68. The topological polar surface area (TPSA) is 41.6 Å². The first kappa shape index (κ1) is 15.0. The summed E-state index contributed by atoms with van der Waals surface area (Å²) in [7, 11) is 5.56. The molecule has 0 aromatic heterocycles. The van der Waals surface area contributed by atoms with Crippen molar-refractivity contribution in [3.05, 3.63) is 28.2 Å². The number of rotatable bonds is 6. The van der Waals surface area contributed by atoms with E-state index in [1.165, 1.54) is 0 Å². The molecule has 0 spiro atoms. The second-order valence-electron chi connectivity index (χ2n) is 4.29. The highest BCUT2D eigenvalue weighted by Gasteiger charge is 2.09. The Balaban J connectivity index is 2.55. The number of methoxy groups -OCH3 is 1. The molecule has 1 rings (SSSR count). The van der Waals surface area contributed by atoms with Gasteiger partial charge in [0.2, 0.25) is 5.91 Å². The Labute approximate surface area is 116 Å². The number of hydrogen-bond donors (Lipinski definition) is 1. The van der Waals surface area contributed by atoms with Crippen molar-refractivity contribution in [3.63, 3.8) is 0 Å². The molecule has 0 bridgehead atoms. The quantitative estimate of drug-likeness (QED) is 0.868. The fourth-order valence-electron chi connectivity index (χ4n) is 1.54. The van der Waals surface area contributed by atoms with Crippen LogP contribution >= 0.6 is 15.9 Å². The average Bonchev–Trinajstić information content (AvgIpc) is 2.28. The van der Waals surface area contributed by atoms with Crippen LogP contribution < -0.4 is 10.1 Å². The Morgan fingerprint density at radius 3 is 2.78 bits per heavy atom. The van der Waals surface area contributed by atoms with E-state index in [9.17, 15) is 4.79 Å². The lowest BCUT2D eigenvalue weighted by atomic mass is 10.1. The van der Waals surface area contributed by atoms with Crippen molar-refractivity contribution < 1.29 is 9.53 Å². The third kappa shape index (κ3) is 5.06. The summed E-state index contributed by atoms with van der Waals surface area (Å²) in [5.74, 6) is 0.745. The Morgan fingerprint density at radius 2 is 2.17 bits per heavy atom. The zero-order chi connectivity index (χ0) is 13.5. The smallest absolute Gasteiger partial charge is 0.224 e. The number of likely N-dealkylation sites (N-methyl/N-ethyl adjacent to an activating group) is 1. The maximum Gasteiger partial charge on any atom is 0.224 e. The van der Waals surface area contributed by atoms with Crippen molar-refractivity contribution in [2.24, 2.45) is 0 Å². The van der Waals surface area contributed by atoms with Crippen LogP contribution in [0.15, 0.2) is 22.7 Å². The molecule has 0 saturated heterocycles. The Kier molecular flexibility index (Phi) is 6.15. The summed E-state index contributed by atoms with van der Waals surface area (Å²) in [5, 5.41) is 2.88. The molecule has 5 heteroatoms. The van der Waals surface area contributed by atoms with Crippen LogP contribution in [-0.4, -0.2) is 45.1 Å². The lowest BCUT2D eigenvalue weighted by Gasteiger charge is -2.12. The standard InChI is InChI=1S/C13H19BrN2O2/c1-16(2)7-6-15-13(17)9-10-8-11(14)4-5-12(10)18-3/h4-5,8H,6-7,9H2,1-3H3,(H,15,17). The Morgan fingerprint density at radius 1 is 1.44 bits per heavy atom. The van der Waals surface area contributed by atoms with Gasteiger partial charge in [0.25, 0.3) is 0 Å². The first-order chi connectivity index (χ1) is 8.52. The number of halogens is 1. The van der Waals surface area contributed by atoms with Gasteiger partial charge in [-0.3, -0.25) is 4.79 Å². The highest BCUT2D eigenvalue weighted by Crippen LogP contribution is 2.23. The number of carbonyl (C=O) groups is 1. The fourth-order valence-corrected chi connectivity index (χ4v) is 1.95. The number of hydrogen-bond acceptors (Lipinski definition) is 3.